The van der Waals surface area contributed by atoms with Crippen LogP contribution in [0.25, 0.3) is 16.9 Å². The number of hydrazine groups is 1. The minimum Gasteiger partial charge on any atom is -0.569 e. The van der Waals surface area contributed by atoms with Gasteiger partial charge in [0.1, 0.15) is 12.6 Å². The van der Waals surface area contributed by atoms with E-state index in [0.717, 1.165) is 33.5 Å². The molecule has 14 nitrogen and oxygen atoms in total. The fourth-order valence-electron chi connectivity index (χ4n) is 4.44. The summed E-state index contributed by atoms with van der Waals surface area (Å²) >= 11 is 0. The van der Waals surface area contributed by atoms with Crippen LogP contribution in [0.5, 0.6) is 0 Å². The van der Waals surface area contributed by atoms with E-state index in [4.69, 9.17) is 14.3 Å². The molecular weight excluding hydrogens is 661 g/mol. The van der Waals surface area contributed by atoms with Crippen LogP contribution in [-0.4, -0.2) is 65.7 Å². The maximum Gasteiger partial charge on any atom is 0.435 e. The quantitative estimate of drug-likeness (QED) is 0.0993. The number of aryl methyl sites for hydroxylation is 1. The molecule has 2 heterocycles. The number of sulfonamides is 1. The lowest BCUT2D eigenvalue weighted by Gasteiger charge is -2.28. The van der Waals surface area contributed by atoms with Crippen LogP contribution in [0.4, 0.5) is 18.0 Å². The second kappa shape index (κ2) is 14.1. The zero-order valence-corrected chi connectivity index (χ0v) is 27.5. The Morgan fingerprint density at radius 2 is 1.75 bits per heavy atom. The van der Waals surface area contributed by atoms with Gasteiger partial charge >= 0.3 is 18.2 Å². The number of carbonyl (C=O) groups excluding carboxylic acids is 2. The SMILES string of the molecule is Cc1ccc(-c2cc(C(F)(F)F)nn2-c2ccc(S(=O)(=O)NC(=O)OC3CCCN(/[N+]([O-])=N\OC(C)OC(=O)C(C)(C)C)C3)cc2)cc1. The zero-order valence-electron chi connectivity index (χ0n) is 26.7. The molecular formula is C30H35F3N6O8S. The van der Waals surface area contributed by atoms with Gasteiger partial charge in [0, 0.05) is 12.5 Å². The number of nitrogens with one attached hydrogen (secondary N) is 1. The van der Waals surface area contributed by atoms with Crippen LogP contribution < -0.4 is 4.72 Å². The molecule has 2 aromatic carbocycles. The van der Waals surface area contributed by atoms with E-state index in [1.54, 1.807) is 49.8 Å². The Morgan fingerprint density at radius 3 is 2.35 bits per heavy atom. The molecule has 18 heteroatoms. The Balaban J connectivity index is 1.39. The van der Waals surface area contributed by atoms with Gasteiger partial charge in [-0.3, -0.25) is 9.63 Å². The number of hydrogen-bond acceptors (Lipinski definition) is 10. The normalized spacial score (nSPS) is 16.6. The number of amides is 1. The van der Waals surface area contributed by atoms with Gasteiger partial charge in [-0.15, -0.1) is 5.01 Å². The van der Waals surface area contributed by atoms with Gasteiger partial charge in [0.25, 0.3) is 16.3 Å². The molecule has 0 radical (unpaired) electrons. The molecule has 0 aliphatic carbocycles. The van der Waals surface area contributed by atoms with Crippen molar-refractivity contribution in [2.75, 3.05) is 13.1 Å². The van der Waals surface area contributed by atoms with Crippen LogP contribution in [0.15, 0.2) is 64.8 Å². The second-order valence-corrected chi connectivity index (χ2v) is 13.7. The van der Waals surface area contributed by atoms with Crippen LogP contribution in [0.3, 0.4) is 0 Å². The summed E-state index contributed by atoms with van der Waals surface area (Å²) in [5, 5.41) is 20.7. The molecule has 4 rings (SSSR count). The highest BCUT2D eigenvalue weighted by molar-refractivity contribution is 7.90. The van der Waals surface area contributed by atoms with Gasteiger partial charge in [0.2, 0.25) is 5.28 Å². The Bertz CT molecular complexity index is 1750. The molecule has 1 aliphatic heterocycles. The molecule has 48 heavy (non-hydrogen) atoms. The molecule has 260 valence electrons. The molecule has 3 aromatic rings. The molecule has 2 unspecified atom stereocenters. The smallest absolute Gasteiger partial charge is 0.435 e. The van der Waals surface area contributed by atoms with Gasteiger partial charge in [-0.25, -0.2) is 22.6 Å². The number of halogens is 3. The van der Waals surface area contributed by atoms with Crippen molar-refractivity contribution in [1.82, 2.24) is 19.5 Å². The van der Waals surface area contributed by atoms with Crippen molar-refractivity contribution in [3.05, 3.63) is 71.1 Å². The Hall–Kier alpha value is -4.87. The molecule has 0 bridgehead atoms. The molecule has 1 N–H and O–H groups in total. The molecule has 1 saturated heterocycles. The van der Waals surface area contributed by atoms with Crippen LogP contribution in [0, 0.1) is 17.5 Å². The predicted octanol–water partition coefficient (Wildman–Crippen LogP) is 5.49. The van der Waals surface area contributed by atoms with Gasteiger partial charge in [-0.05, 0) is 70.9 Å². The lowest BCUT2D eigenvalue weighted by Crippen LogP contribution is -2.45. The maximum atomic E-state index is 13.5. The van der Waals surface area contributed by atoms with Crippen molar-refractivity contribution in [2.24, 2.45) is 10.7 Å². The van der Waals surface area contributed by atoms with E-state index in [0.29, 0.717) is 18.4 Å². The predicted molar refractivity (Wildman–Crippen MR) is 162 cm³/mol. The topological polar surface area (TPSA) is 167 Å². The minimum atomic E-state index is -4.72. The van der Waals surface area contributed by atoms with E-state index in [1.165, 1.54) is 19.1 Å². The summed E-state index contributed by atoms with van der Waals surface area (Å²) < 4.78 is 79.6. The first-order valence-electron chi connectivity index (χ1n) is 14.7. The average Bonchev–Trinajstić information content (AvgIpc) is 3.46. The molecule has 0 spiro atoms. The van der Waals surface area contributed by atoms with Gasteiger partial charge in [-0.1, -0.05) is 29.8 Å². The summed E-state index contributed by atoms with van der Waals surface area (Å²) in [4.78, 5) is 29.2. The number of benzene rings is 2. The maximum absolute atomic E-state index is 13.5. The number of alkyl halides is 3. The number of piperidine rings is 1. The first-order valence-corrected chi connectivity index (χ1v) is 16.2. The van der Waals surface area contributed by atoms with E-state index >= 15 is 0 Å². The van der Waals surface area contributed by atoms with Crippen molar-refractivity contribution in [1.29, 1.82) is 0 Å². The Morgan fingerprint density at radius 1 is 1.10 bits per heavy atom. The van der Waals surface area contributed by atoms with Crippen LogP contribution in [0.2, 0.25) is 0 Å². The third-order valence-corrected chi connectivity index (χ3v) is 8.31. The number of nitrogens with zero attached hydrogens (tertiary/aromatic N) is 5. The van der Waals surface area contributed by atoms with Crippen molar-refractivity contribution in [2.45, 2.75) is 70.9 Å². The molecule has 0 saturated carbocycles. The largest absolute Gasteiger partial charge is 0.569 e. The van der Waals surface area contributed by atoms with Crippen LogP contribution in [0.1, 0.15) is 51.8 Å². The van der Waals surface area contributed by atoms with E-state index < -0.39 is 51.8 Å². The van der Waals surface area contributed by atoms with E-state index in [1.807, 2.05) is 6.92 Å². The molecule has 1 fully saturated rings. The molecule has 1 aliphatic rings. The zero-order chi connectivity index (χ0) is 35.4. The van der Waals surface area contributed by atoms with Crippen molar-refractivity contribution < 1.29 is 50.5 Å². The van der Waals surface area contributed by atoms with Gasteiger partial charge < -0.3 is 14.7 Å². The fraction of sp³-hybridized carbons (Fsp3) is 0.433. The molecule has 1 amide bonds. The molecule has 2 atom stereocenters. The van der Waals surface area contributed by atoms with Crippen molar-refractivity contribution in [3.63, 3.8) is 0 Å². The fourth-order valence-corrected chi connectivity index (χ4v) is 5.31. The third kappa shape index (κ3) is 9.14. The van der Waals surface area contributed by atoms with E-state index in [2.05, 4.69) is 10.4 Å². The lowest BCUT2D eigenvalue weighted by molar-refractivity contribution is -0.716. The Labute approximate surface area is 274 Å². The number of esters is 1. The summed E-state index contributed by atoms with van der Waals surface area (Å²) in [6.07, 6.45) is -7.35. The van der Waals surface area contributed by atoms with Crippen molar-refractivity contribution in [3.8, 4) is 16.9 Å². The highest BCUT2D eigenvalue weighted by Crippen LogP contribution is 2.33. The number of carbonyl (C=O) groups is 2. The van der Waals surface area contributed by atoms with E-state index in [9.17, 15) is 36.4 Å². The monoisotopic (exact) mass is 696 g/mol. The highest BCUT2D eigenvalue weighted by atomic mass is 32.2. The van der Waals surface area contributed by atoms with Gasteiger partial charge in [0.15, 0.2) is 5.69 Å². The van der Waals surface area contributed by atoms with Crippen LogP contribution in [-0.2, 0) is 35.3 Å². The summed E-state index contributed by atoms with van der Waals surface area (Å²) in [7, 11) is -4.46. The summed E-state index contributed by atoms with van der Waals surface area (Å²) in [5.41, 5.74) is -0.275. The average molecular weight is 697 g/mol. The van der Waals surface area contributed by atoms with Gasteiger partial charge in [0.05, 0.1) is 33.2 Å². The lowest BCUT2D eigenvalue weighted by atomic mass is 9.97. The van der Waals surface area contributed by atoms with Gasteiger partial charge in [-0.2, -0.15) is 18.3 Å². The number of hydrogen-bond donors (Lipinski definition) is 1. The highest BCUT2D eigenvalue weighted by Gasteiger charge is 2.35. The van der Waals surface area contributed by atoms with Crippen molar-refractivity contribution >= 4 is 22.1 Å². The number of aromatic nitrogens is 2. The number of rotatable bonds is 9. The first-order chi connectivity index (χ1) is 22.3. The Kier molecular flexibility index (Phi) is 10.6. The van der Waals surface area contributed by atoms with Crippen LogP contribution >= 0.6 is 0 Å². The second-order valence-electron chi connectivity index (χ2n) is 12.0. The molecule has 1 aromatic heterocycles. The minimum absolute atomic E-state index is 0.120. The number of ether oxygens (including phenoxy) is 2. The summed E-state index contributed by atoms with van der Waals surface area (Å²) in [5.74, 6) is -0.560. The third-order valence-electron chi connectivity index (χ3n) is 6.98. The standard InChI is InChI=1S/C30H35F3N6O8S/c1-19-8-10-21(11-9-19)25-17-26(30(31,32)33)34-38(25)22-12-14-24(15-13-22)48(43,44)35-28(41)46-23-7-6-16-37(18-23)39(42)36-47-20(2)45-27(40)29(3,4)5/h8-15,17,20,23H,6-7,16,18H2,1-5H3,(H,35,41)/b39-36+. The van der Waals surface area contributed by atoms with E-state index in [-0.39, 0.29) is 34.3 Å². The summed E-state index contributed by atoms with van der Waals surface area (Å²) in [6, 6.07) is 12.4. The first kappa shape index (κ1) is 36.0. The summed E-state index contributed by atoms with van der Waals surface area (Å²) in [6.45, 7) is 8.24.